The Bertz CT molecular complexity index is 1490. The Morgan fingerprint density at radius 3 is 2.21 bits per heavy atom. The van der Waals surface area contributed by atoms with Gasteiger partial charge >= 0.3 is 29.6 Å². The molecule has 1 atom stereocenters. The number of hydrogen-bond donors (Lipinski definition) is 2. The standard InChI is InChI=1S/C29H26ClNO5S.Na/c30-25-5-1-4-24(17-25)28(32)19-31-16-15-20-7-13-26(14-8-20)37(35,36)27-6-2-3-23(18-27)21-9-11-22(12-10-21)29(33)34;/h1-14,17-18,28,31-32H,15-16,19H2,(H,33,34);/q;+1/p-1/t28-;/m0./s1. The molecule has 0 saturated heterocycles. The van der Waals surface area contributed by atoms with Crippen molar-refractivity contribution in [2.24, 2.45) is 0 Å². The molecule has 9 heteroatoms. The Labute approximate surface area is 249 Å². The first-order valence-electron chi connectivity index (χ1n) is 11.6. The third-order valence-electron chi connectivity index (χ3n) is 5.99. The van der Waals surface area contributed by atoms with E-state index in [4.69, 9.17) is 11.6 Å². The minimum absolute atomic E-state index is 0. The van der Waals surface area contributed by atoms with Crippen LogP contribution in [0.3, 0.4) is 0 Å². The maximum Gasteiger partial charge on any atom is 1.00 e. The van der Waals surface area contributed by atoms with E-state index in [-0.39, 0.29) is 44.9 Å². The zero-order chi connectivity index (χ0) is 26.4. The third-order valence-corrected chi connectivity index (χ3v) is 8.00. The van der Waals surface area contributed by atoms with Gasteiger partial charge in [0.1, 0.15) is 0 Å². The summed E-state index contributed by atoms with van der Waals surface area (Å²) in [5, 5.41) is 25.0. The zero-order valence-electron chi connectivity index (χ0n) is 20.8. The minimum Gasteiger partial charge on any atom is -0.545 e. The first kappa shape index (κ1) is 30.1. The largest absolute Gasteiger partial charge is 1.00 e. The molecule has 0 bridgehead atoms. The van der Waals surface area contributed by atoms with Gasteiger partial charge in [0, 0.05) is 11.6 Å². The maximum atomic E-state index is 13.2. The number of benzene rings is 4. The molecule has 0 aliphatic carbocycles. The number of carbonyl (C=O) groups is 1. The number of carboxylic acid groups (broad SMARTS) is 1. The van der Waals surface area contributed by atoms with Gasteiger partial charge in [-0.15, -0.1) is 0 Å². The van der Waals surface area contributed by atoms with E-state index in [9.17, 15) is 23.4 Å². The summed E-state index contributed by atoms with van der Waals surface area (Å²) in [5.41, 5.74) is 3.12. The fraction of sp³-hybridized carbons (Fsp3) is 0.138. The molecule has 190 valence electrons. The van der Waals surface area contributed by atoms with Crippen LogP contribution in [-0.4, -0.2) is 32.6 Å². The van der Waals surface area contributed by atoms with E-state index < -0.39 is 21.9 Å². The number of halogens is 1. The molecule has 0 aliphatic rings. The Kier molecular flexibility index (Phi) is 10.7. The SMILES string of the molecule is O=C([O-])c1ccc(-c2cccc(S(=O)(=O)c3ccc(CCNC[C@H](O)c4cccc(Cl)c4)cc3)c2)cc1.[Na+]. The van der Waals surface area contributed by atoms with Gasteiger partial charge in [-0.25, -0.2) is 8.42 Å². The van der Waals surface area contributed by atoms with Gasteiger partial charge in [0.05, 0.1) is 21.9 Å². The van der Waals surface area contributed by atoms with E-state index in [1.807, 2.05) is 6.07 Å². The fourth-order valence-corrected chi connectivity index (χ4v) is 5.42. The molecule has 2 N–H and O–H groups in total. The van der Waals surface area contributed by atoms with Crippen LogP contribution in [0.1, 0.15) is 27.6 Å². The summed E-state index contributed by atoms with van der Waals surface area (Å²) in [6, 6.07) is 26.5. The first-order valence-corrected chi connectivity index (χ1v) is 13.5. The van der Waals surface area contributed by atoms with Crippen molar-refractivity contribution >= 4 is 27.4 Å². The second-order valence-corrected chi connectivity index (χ2v) is 11.0. The molecule has 0 unspecified atom stereocenters. The van der Waals surface area contributed by atoms with E-state index in [1.165, 1.54) is 18.2 Å². The van der Waals surface area contributed by atoms with E-state index in [0.717, 1.165) is 11.1 Å². The number of nitrogens with one attached hydrogen (secondary N) is 1. The molecule has 0 amide bonds. The van der Waals surface area contributed by atoms with Crippen LogP contribution in [0.25, 0.3) is 11.1 Å². The molecule has 0 spiro atoms. The van der Waals surface area contributed by atoms with Crippen molar-refractivity contribution in [3.63, 3.8) is 0 Å². The van der Waals surface area contributed by atoms with E-state index in [0.29, 0.717) is 35.7 Å². The molecule has 4 aromatic carbocycles. The van der Waals surface area contributed by atoms with Crippen molar-refractivity contribution in [1.82, 2.24) is 5.32 Å². The molecule has 4 rings (SSSR count). The molecule has 38 heavy (non-hydrogen) atoms. The monoisotopic (exact) mass is 557 g/mol. The summed E-state index contributed by atoms with van der Waals surface area (Å²) in [5.74, 6) is -1.27. The first-order chi connectivity index (χ1) is 17.7. The van der Waals surface area contributed by atoms with Gasteiger partial charge in [-0.1, -0.05) is 72.3 Å². The van der Waals surface area contributed by atoms with Crippen molar-refractivity contribution in [2.75, 3.05) is 13.1 Å². The van der Waals surface area contributed by atoms with E-state index in [1.54, 1.807) is 72.8 Å². The molecule has 0 fully saturated rings. The van der Waals surface area contributed by atoms with Crippen molar-refractivity contribution < 1.29 is 53.0 Å². The molecule has 0 aromatic heterocycles. The third kappa shape index (κ3) is 7.55. The Hall–Kier alpha value is -2.49. The number of hydrogen-bond acceptors (Lipinski definition) is 6. The summed E-state index contributed by atoms with van der Waals surface area (Å²) >= 11 is 5.97. The zero-order valence-corrected chi connectivity index (χ0v) is 24.4. The molecule has 4 aromatic rings. The number of sulfone groups is 1. The fourth-order valence-electron chi connectivity index (χ4n) is 3.92. The topological polar surface area (TPSA) is 107 Å². The Morgan fingerprint density at radius 1 is 0.868 bits per heavy atom. The van der Waals surface area contributed by atoms with Crippen molar-refractivity contribution in [2.45, 2.75) is 22.3 Å². The second kappa shape index (κ2) is 13.5. The average molecular weight is 558 g/mol. The van der Waals surface area contributed by atoms with Crippen LogP contribution >= 0.6 is 11.6 Å². The number of rotatable bonds is 10. The van der Waals surface area contributed by atoms with Crippen LogP contribution in [-0.2, 0) is 16.3 Å². The van der Waals surface area contributed by atoms with Crippen molar-refractivity contribution in [3.8, 4) is 11.1 Å². The van der Waals surface area contributed by atoms with Gasteiger partial charge in [-0.2, -0.15) is 0 Å². The average Bonchev–Trinajstić information content (AvgIpc) is 2.91. The van der Waals surface area contributed by atoms with Crippen LogP contribution < -0.4 is 40.0 Å². The van der Waals surface area contributed by atoms with Gasteiger partial charge in [-0.3, -0.25) is 0 Å². The number of carboxylic acids is 1. The van der Waals surface area contributed by atoms with E-state index in [2.05, 4.69) is 5.32 Å². The van der Waals surface area contributed by atoms with Gasteiger partial charge in [-0.05, 0) is 77.2 Å². The van der Waals surface area contributed by atoms with Crippen LogP contribution in [0, 0.1) is 0 Å². The minimum atomic E-state index is -3.74. The van der Waals surface area contributed by atoms with Crippen molar-refractivity contribution in [1.29, 1.82) is 0 Å². The quantitative estimate of drug-likeness (QED) is 0.223. The van der Waals surface area contributed by atoms with E-state index >= 15 is 0 Å². The molecule has 0 heterocycles. The van der Waals surface area contributed by atoms with Crippen LogP contribution in [0.15, 0.2) is 107 Å². The number of aliphatic hydroxyl groups excluding tert-OH is 1. The molecular formula is C29H25ClNNaO5S. The summed E-state index contributed by atoms with van der Waals surface area (Å²) in [6.07, 6.45) is -0.00553. The summed E-state index contributed by atoms with van der Waals surface area (Å²) in [6.45, 7) is 0.988. The molecular weight excluding hydrogens is 533 g/mol. The predicted octanol–water partition coefficient (Wildman–Crippen LogP) is 1.07. The van der Waals surface area contributed by atoms with Crippen molar-refractivity contribution in [3.05, 3.63) is 119 Å². The summed E-state index contributed by atoms with van der Waals surface area (Å²) in [4.78, 5) is 11.3. The molecule has 0 radical (unpaired) electrons. The van der Waals surface area contributed by atoms with Gasteiger partial charge in [0.2, 0.25) is 9.84 Å². The predicted molar refractivity (Wildman–Crippen MR) is 141 cm³/mol. The van der Waals surface area contributed by atoms with Crippen LogP contribution in [0.5, 0.6) is 0 Å². The number of aromatic carboxylic acids is 1. The number of carbonyl (C=O) groups excluding carboxylic acids is 1. The Morgan fingerprint density at radius 2 is 1.55 bits per heavy atom. The second-order valence-electron chi connectivity index (χ2n) is 8.56. The summed E-state index contributed by atoms with van der Waals surface area (Å²) < 4.78 is 26.5. The molecule has 0 saturated carbocycles. The number of aliphatic hydroxyl groups is 1. The Balaban J connectivity index is 0.00000400. The maximum absolute atomic E-state index is 13.2. The van der Waals surface area contributed by atoms with Crippen LogP contribution in [0.2, 0.25) is 5.02 Å². The van der Waals surface area contributed by atoms with Gasteiger partial charge in [0.15, 0.2) is 0 Å². The van der Waals surface area contributed by atoms with Crippen LogP contribution in [0.4, 0.5) is 0 Å². The molecule has 0 aliphatic heterocycles. The normalized spacial score (nSPS) is 11.9. The van der Waals surface area contributed by atoms with Gasteiger partial charge < -0.3 is 20.3 Å². The van der Waals surface area contributed by atoms with Gasteiger partial charge in [0.25, 0.3) is 0 Å². The summed E-state index contributed by atoms with van der Waals surface area (Å²) in [7, 11) is -3.74. The smallest absolute Gasteiger partial charge is 0.545 e. The molecule has 6 nitrogen and oxygen atoms in total.